The molecule has 4 rings (SSSR count). The number of piperazine rings is 1. The minimum absolute atomic E-state index is 0.558. The first kappa shape index (κ1) is 23.5. The highest BCUT2D eigenvalue weighted by atomic mass is 16.4. The Morgan fingerprint density at radius 2 is 1.34 bits per heavy atom. The maximum absolute atomic E-state index is 9.55. The van der Waals surface area contributed by atoms with E-state index in [2.05, 4.69) is 77.2 Å². The minimum atomic E-state index is -1.26. The molecule has 0 spiro atoms. The normalized spacial score (nSPS) is 19.2. The van der Waals surface area contributed by atoms with E-state index in [0.717, 1.165) is 19.6 Å². The van der Waals surface area contributed by atoms with Crippen LogP contribution in [0, 0.1) is 0 Å². The molecule has 7 heteroatoms. The third-order valence-corrected chi connectivity index (χ3v) is 5.54. The highest BCUT2D eigenvalue weighted by molar-refractivity contribution is 6.07. The van der Waals surface area contributed by atoms with Crippen LogP contribution in [0.4, 0.5) is 0 Å². The van der Waals surface area contributed by atoms with E-state index in [-0.39, 0.29) is 0 Å². The summed E-state index contributed by atoms with van der Waals surface area (Å²) >= 11 is 0. The van der Waals surface area contributed by atoms with E-state index in [1.807, 2.05) is 0 Å². The third-order valence-electron chi connectivity index (χ3n) is 5.54. The zero-order chi connectivity index (χ0) is 23.1. The molecular formula is C25H31N3O4. The molecule has 0 unspecified atom stereocenters. The number of hydrogen-bond donors (Lipinski definition) is 3. The van der Waals surface area contributed by atoms with Gasteiger partial charge in [-0.1, -0.05) is 36.4 Å². The van der Waals surface area contributed by atoms with Crippen LogP contribution in [0.15, 0.2) is 60.7 Å². The Labute approximate surface area is 187 Å². The molecule has 0 saturated carbocycles. The van der Waals surface area contributed by atoms with Crippen LogP contribution in [0.3, 0.4) is 0 Å². The van der Waals surface area contributed by atoms with Crippen LogP contribution in [0.1, 0.15) is 20.3 Å². The van der Waals surface area contributed by atoms with E-state index in [4.69, 9.17) is 10.2 Å². The first-order valence-electron chi connectivity index (χ1n) is 10.9. The second-order valence-electron chi connectivity index (χ2n) is 8.28. The van der Waals surface area contributed by atoms with Crippen LogP contribution in [0.25, 0.3) is 21.8 Å². The molecular weight excluding hydrogens is 406 g/mol. The van der Waals surface area contributed by atoms with E-state index in [9.17, 15) is 9.59 Å². The fraction of sp³-hybridized carbons (Fsp3) is 0.360. The monoisotopic (exact) mass is 437 g/mol. The van der Waals surface area contributed by atoms with Crippen LogP contribution >= 0.6 is 0 Å². The van der Waals surface area contributed by atoms with Crippen molar-refractivity contribution in [3.05, 3.63) is 60.7 Å². The van der Waals surface area contributed by atoms with E-state index in [1.165, 1.54) is 34.8 Å². The standard InChI is InChI=1S/C21H27N3.C4H4O4/c1-16-14-23(15-17(2)22-16)12-7-13-24-20-10-5-3-8-18(20)19-9-4-6-11-21(19)24;5-3(6)1-2-4(7)8/h3-6,8-11,16-17,22H,7,12-15H2,1-2H3;1-2H,(H,5,6)(H,7,8)/b;2-1+/t16-,17+;. The van der Waals surface area contributed by atoms with Gasteiger partial charge in [-0.25, -0.2) is 9.59 Å². The number of rotatable bonds is 6. The van der Waals surface area contributed by atoms with Crippen molar-refractivity contribution in [1.82, 2.24) is 14.8 Å². The van der Waals surface area contributed by atoms with Gasteiger partial charge >= 0.3 is 11.9 Å². The van der Waals surface area contributed by atoms with Gasteiger partial charge < -0.3 is 25.0 Å². The fourth-order valence-electron chi connectivity index (χ4n) is 4.46. The Morgan fingerprint density at radius 1 is 0.875 bits per heavy atom. The molecule has 2 atom stereocenters. The molecule has 2 heterocycles. The number of aryl methyl sites for hydroxylation is 1. The van der Waals surface area contributed by atoms with Crippen molar-refractivity contribution in [2.45, 2.75) is 38.9 Å². The Hall–Kier alpha value is -3.16. The van der Waals surface area contributed by atoms with Crippen molar-refractivity contribution >= 4 is 33.7 Å². The van der Waals surface area contributed by atoms with Gasteiger partial charge in [0, 0.05) is 65.7 Å². The summed E-state index contributed by atoms with van der Waals surface area (Å²) in [5.41, 5.74) is 2.72. The fourth-order valence-corrected chi connectivity index (χ4v) is 4.46. The van der Waals surface area contributed by atoms with Gasteiger partial charge in [-0.15, -0.1) is 0 Å². The predicted octanol–water partition coefficient (Wildman–Crippen LogP) is 3.58. The Morgan fingerprint density at radius 3 is 1.81 bits per heavy atom. The van der Waals surface area contributed by atoms with Gasteiger partial charge in [0.1, 0.15) is 0 Å². The molecule has 32 heavy (non-hydrogen) atoms. The molecule has 1 aromatic heterocycles. The zero-order valence-corrected chi connectivity index (χ0v) is 18.6. The Kier molecular flexibility index (Phi) is 8.03. The van der Waals surface area contributed by atoms with Gasteiger partial charge in [0.25, 0.3) is 0 Å². The molecule has 1 saturated heterocycles. The van der Waals surface area contributed by atoms with E-state index >= 15 is 0 Å². The molecule has 170 valence electrons. The number of para-hydroxylation sites is 2. The zero-order valence-electron chi connectivity index (χ0n) is 18.6. The summed E-state index contributed by atoms with van der Waals surface area (Å²) in [5.74, 6) is -2.51. The summed E-state index contributed by atoms with van der Waals surface area (Å²) in [6.45, 7) is 9.16. The molecule has 0 radical (unpaired) electrons. The summed E-state index contributed by atoms with van der Waals surface area (Å²) in [5, 5.41) is 22.0. The lowest BCUT2D eigenvalue weighted by atomic mass is 10.1. The van der Waals surface area contributed by atoms with Crippen LogP contribution < -0.4 is 5.32 Å². The van der Waals surface area contributed by atoms with Gasteiger partial charge in [-0.3, -0.25) is 0 Å². The molecule has 1 fully saturated rings. The number of carboxylic acid groups (broad SMARTS) is 2. The number of nitrogens with zero attached hydrogens (tertiary/aromatic N) is 2. The van der Waals surface area contributed by atoms with Gasteiger partial charge in [-0.05, 0) is 38.9 Å². The maximum Gasteiger partial charge on any atom is 0.328 e. The number of aromatic nitrogens is 1. The average Bonchev–Trinajstić information content (AvgIpc) is 3.06. The number of nitrogens with one attached hydrogen (secondary N) is 1. The largest absolute Gasteiger partial charge is 0.478 e. The number of hydrogen-bond acceptors (Lipinski definition) is 4. The Bertz CT molecular complexity index is 1030. The van der Waals surface area contributed by atoms with E-state index in [1.54, 1.807) is 0 Å². The molecule has 1 aliphatic heterocycles. The van der Waals surface area contributed by atoms with Gasteiger partial charge in [0.05, 0.1) is 0 Å². The molecule has 0 bridgehead atoms. The second-order valence-corrected chi connectivity index (χ2v) is 8.28. The van der Waals surface area contributed by atoms with Crippen molar-refractivity contribution in [2.75, 3.05) is 19.6 Å². The minimum Gasteiger partial charge on any atom is -0.478 e. The molecule has 1 aliphatic rings. The number of fused-ring (bicyclic) bond motifs is 3. The summed E-state index contributed by atoms with van der Waals surface area (Å²) < 4.78 is 2.50. The highest BCUT2D eigenvalue weighted by Gasteiger charge is 2.20. The molecule has 7 nitrogen and oxygen atoms in total. The van der Waals surface area contributed by atoms with Crippen LogP contribution in [0.5, 0.6) is 0 Å². The predicted molar refractivity (Wildman–Crippen MR) is 127 cm³/mol. The molecule has 3 N–H and O–H groups in total. The summed E-state index contributed by atoms with van der Waals surface area (Å²) in [6, 6.07) is 18.8. The first-order chi connectivity index (χ1) is 15.3. The van der Waals surface area contributed by atoms with Crippen molar-refractivity contribution in [3.8, 4) is 0 Å². The quantitative estimate of drug-likeness (QED) is 0.510. The maximum atomic E-state index is 9.55. The van der Waals surface area contributed by atoms with Crippen molar-refractivity contribution in [1.29, 1.82) is 0 Å². The summed E-state index contributed by atoms with van der Waals surface area (Å²) in [7, 11) is 0. The summed E-state index contributed by atoms with van der Waals surface area (Å²) in [4.78, 5) is 21.7. The summed E-state index contributed by atoms with van der Waals surface area (Å²) in [6.07, 6.45) is 2.31. The molecule has 0 amide bonds. The van der Waals surface area contributed by atoms with Crippen LogP contribution in [-0.4, -0.2) is 63.3 Å². The lowest BCUT2D eigenvalue weighted by molar-refractivity contribution is -0.134. The lowest BCUT2D eigenvalue weighted by Gasteiger charge is -2.36. The number of carbonyl (C=O) groups is 2. The Balaban J connectivity index is 0.000000312. The highest BCUT2D eigenvalue weighted by Crippen LogP contribution is 2.28. The smallest absolute Gasteiger partial charge is 0.328 e. The van der Waals surface area contributed by atoms with Crippen LogP contribution in [-0.2, 0) is 16.1 Å². The molecule has 0 aliphatic carbocycles. The van der Waals surface area contributed by atoms with Gasteiger partial charge in [-0.2, -0.15) is 0 Å². The van der Waals surface area contributed by atoms with Crippen molar-refractivity contribution < 1.29 is 19.8 Å². The van der Waals surface area contributed by atoms with E-state index < -0.39 is 11.9 Å². The molecule has 3 aromatic rings. The van der Waals surface area contributed by atoms with Crippen molar-refractivity contribution in [3.63, 3.8) is 0 Å². The lowest BCUT2D eigenvalue weighted by Crippen LogP contribution is -2.54. The van der Waals surface area contributed by atoms with Gasteiger partial charge in [0.15, 0.2) is 0 Å². The SMILES string of the molecule is C[C@@H]1CN(CCCn2c3ccccc3c3ccccc32)C[C@H](C)N1.O=C(O)/C=C/C(=O)O. The van der Waals surface area contributed by atoms with Gasteiger partial charge in [0.2, 0.25) is 0 Å². The van der Waals surface area contributed by atoms with Crippen LogP contribution in [0.2, 0.25) is 0 Å². The average molecular weight is 438 g/mol. The first-order valence-corrected chi connectivity index (χ1v) is 10.9. The van der Waals surface area contributed by atoms with E-state index in [0.29, 0.717) is 24.2 Å². The number of carboxylic acids is 2. The number of aliphatic carboxylic acids is 2. The van der Waals surface area contributed by atoms with Crippen molar-refractivity contribution in [2.24, 2.45) is 0 Å². The second kappa shape index (κ2) is 10.9. The topological polar surface area (TPSA) is 94.8 Å². The third kappa shape index (κ3) is 6.18. The molecule has 2 aromatic carbocycles. The number of benzene rings is 2.